The maximum Gasteiger partial charge on any atom is 0.0775 e. The van der Waals surface area contributed by atoms with Gasteiger partial charge in [0.2, 0.25) is 0 Å². The molecule has 0 aromatic heterocycles. The average molecular weight is 273 g/mol. The van der Waals surface area contributed by atoms with Crippen LogP contribution in [0.2, 0.25) is 0 Å². The molecule has 5 atom stereocenters. The van der Waals surface area contributed by atoms with Crippen LogP contribution in [-0.2, 0) is 11.2 Å². The van der Waals surface area contributed by atoms with Crippen LogP contribution in [0, 0.1) is 11.3 Å². The maximum absolute atomic E-state index is 10.4. The van der Waals surface area contributed by atoms with Gasteiger partial charge in [0, 0.05) is 30.4 Å². The lowest BCUT2D eigenvalue weighted by atomic mass is 9.57. The van der Waals surface area contributed by atoms with Crippen molar-refractivity contribution in [1.29, 1.82) is 0 Å². The fraction of sp³-hybridized carbons (Fsp3) is 0.647. The zero-order chi connectivity index (χ0) is 13.9. The number of nitrogens with one attached hydrogen (secondary N) is 1. The van der Waals surface area contributed by atoms with Crippen molar-refractivity contribution < 1.29 is 9.84 Å². The molecule has 0 amide bonds. The van der Waals surface area contributed by atoms with Crippen molar-refractivity contribution in [2.75, 3.05) is 6.61 Å². The van der Waals surface area contributed by atoms with Gasteiger partial charge < -0.3 is 15.2 Å². The van der Waals surface area contributed by atoms with E-state index in [9.17, 15) is 5.11 Å². The van der Waals surface area contributed by atoms with E-state index >= 15 is 0 Å². The predicted octanol–water partition coefficient (Wildman–Crippen LogP) is 2.05. The number of aliphatic hydroxyl groups is 1. The second-order valence-electron chi connectivity index (χ2n) is 7.16. The third kappa shape index (κ3) is 1.63. The molecule has 1 heterocycles. The zero-order valence-electron chi connectivity index (χ0n) is 12.2. The summed E-state index contributed by atoms with van der Waals surface area (Å²) in [5.74, 6) is 0.616. The van der Waals surface area contributed by atoms with Gasteiger partial charge in [0.15, 0.2) is 0 Å². The number of aliphatic hydroxyl groups excluding tert-OH is 1. The molecular weight excluding hydrogens is 250 g/mol. The summed E-state index contributed by atoms with van der Waals surface area (Å²) >= 11 is 0. The first-order chi connectivity index (χ1) is 9.59. The van der Waals surface area contributed by atoms with Gasteiger partial charge in [0.1, 0.15) is 0 Å². The third-order valence-electron chi connectivity index (χ3n) is 5.66. The van der Waals surface area contributed by atoms with Gasteiger partial charge in [-0.15, -0.1) is 0 Å². The fourth-order valence-corrected chi connectivity index (χ4v) is 4.63. The first-order valence-electron chi connectivity index (χ1n) is 7.72. The van der Waals surface area contributed by atoms with Crippen LogP contribution in [0.25, 0.3) is 0 Å². The Morgan fingerprint density at radius 2 is 2.10 bits per heavy atom. The highest BCUT2D eigenvalue weighted by molar-refractivity contribution is 5.37. The predicted molar refractivity (Wildman–Crippen MR) is 77.4 cm³/mol. The van der Waals surface area contributed by atoms with Crippen molar-refractivity contribution in [2.24, 2.45) is 11.3 Å². The molecule has 20 heavy (non-hydrogen) atoms. The fourth-order valence-electron chi connectivity index (χ4n) is 4.63. The van der Waals surface area contributed by atoms with E-state index in [1.165, 1.54) is 11.1 Å². The van der Waals surface area contributed by atoms with E-state index in [-0.39, 0.29) is 17.6 Å². The van der Waals surface area contributed by atoms with Gasteiger partial charge in [-0.1, -0.05) is 38.1 Å². The molecule has 2 N–H and O–H groups in total. The SMILES string of the molecule is CC1(C)C(NC2c3ccccc3CC2O)C2CCOC21. The lowest BCUT2D eigenvalue weighted by Crippen LogP contribution is -2.66. The van der Waals surface area contributed by atoms with Crippen LogP contribution >= 0.6 is 0 Å². The Bertz CT molecular complexity index is 527. The highest BCUT2D eigenvalue weighted by atomic mass is 16.5. The molecule has 1 saturated heterocycles. The van der Waals surface area contributed by atoms with Crippen molar-refractivity contribution in [2.45, 2.75) is 51.0 Å². The summed E-state index contributed by atoms with van der Waals surface area (Å²) in [6.07, 6.45) is 2.01. The summed E-state index contributed by atoms with van der Waals surface area (Å²) in [6.45, 7) is 5.45. The number of ether oxygens (including phenoxy) is 1. The molecule has 5 unspecified atom stereocenters. The van der Waals surface area contributed by atoms with E-state index in [4.69, 9.17) is 4.74 Å². The Morgan fingerprint density at radius 1 is 1.30 bits per heavy atom. The molecule has 0 radical (unpaired) electrons. The Hall–Kier alpha value is -0.900. The minimum Gasteiger partial charge on any atom is -0.391 e. The molecule has 1 aliphatic heterocycles. The van der Waals surface area contributed by atoms with Crippen LogP contribution in [0.3, 0.4) is 0 Å². The van der Waals surface area contributed by atoms with Crippen LogP contribution in [0.5, 0.6) is 0 Å². The first-order valence-corrected chi connectivity index (χ1v) is 7.72. The second kappa shape index (κ2) is 4.30. The number of rotatable bonds is 2. The standard InChI is InChI=1S/C17H23NO2/c1-17(2)15(12-7-8-20-16(12)17)18-14-11-6-4-3-5-10(11)9-13(14)19/h3-6,12-16,18-19H,7-9H2,1-2H3. The Balaban J connectivity index is 1.58. The molecule has 4 rings (SSSR count). The third-order valence-corrected chi connectivity index (χ3v) is 5.66. The maximum atomic E-state index is 10.4. The van der Waals surface area contributed by atoms with Crippen LogP contribution in [-0.4, -0.2) is 30.0 Å². The normalized spacial score (nSPS) is 41.0. The summed E-state index contributed by atoms with van der Waals surface area (Å²) in [5, 5.41) is 14.1. The molecule has 1 saturated carbocycles. The molecule has 3 aliphatic rings. The van der Waals surface area contributed by atoms with Gasteiger partial charge in [0.05, 0.1) is 18.2 Å². The van der Waals surface area contributed by atoms with Crippen LogP contribution < -0.4 is 5.32 Å². The lowest BCUT2D eigenvalue weighted by molar-refractivity contribution is -0.118. The van der Waals surface area contributed by atoms with Gasteiger partial charge in [-0.05, 0) is 17.5 Å². The highest BCUT2D eigenvalue weighted by Crippen LogP contribution is 2.53. The topological polar surface area (TPSA) is 41.5 Å². The van der Waals surface area contributed by atoms with E-state index in [1.54, 1.807) is 0 Å². The summed E-state index contributed by atoms with van der Waals surface area (Å²) in [5.41, 5.74) is 2.73. The number of benzene rings is 1. The quantitative estimate of drug-likeness (QED) is 0.866. The summed E-state index contributed by atoms with van der Waals surface area (Å²) in [7, 11) is 0. The number of fused-ring (bicyclic) bond motifs is 2. The molecular formula is C17H23NO2. The van der Waals surface area contributed by atoms with E-state index in [2.05, 4.69) is 43.4 Å². The van der Waals surface area contributed by atoms with E-state index in [0.717, 1.165) is 19.4 Å². The zero-order valence-corrected chi connectivity index (χ0v) is 12.2. The van der Waals surface area contributed by atoms with Gasteiger partial charge in [-0.3, -0.25) is 0 Å². The van der Waals surface area contributed by atoms with E-state index < -0.39 is 0 Å². The van der Waals surface area contributed by atoms with Crippen molar-refractivity contribution in [3.63, 3.8) is 0 Å². The Kier molecular flexibility index (Phi) is 2.75. The van der Waals surface area contributed by atoms with Gasteiger partial charge in [-0.25, -0.2) is 0 Å². The monoisotopic (exact) mass is 273 g/mol. The van der Waals surface area contributed by atoms with Crippen molar-refractivity contribution in [1.82, 2.24) is 5.32 Å². The highest BCUT2D eigenvalue weighted by Gasteiger charge is 2.60. The minimum atomic E-state index is -0.301. The van der Waals surface area contributed by atoms with Gasteiger partial charge in [-0.2, -0.15) is 0 Å². The van der Waals surface area contributed by atoms with E-state index in [1.807, 2.05) is 0 Å². The molecule has 0 bridgehead atoms. The van der Waals surface area contributed by atoms with E-state index in [0.29, 0.717) is 18.1 Å². The van der Waals surface area contributed by atoms with Crippen molar-refractivity contribution in [3.05, 3.63) is 35.4 Å². The second-order valence-corrected chi connectivity index (χ2v) is 7.16. The van der Waals surface area contributed by atoms with Crippen molar-refractivity contribution >= 4 is 0 Å². The van der Waals surface area contributed by atoms with Crippen LogP contribution in [0.1, 0.15) is 37.4 Å². The Morgan fingerprint density at radius 3 is 2.95 bits per heavy atom. The molecule has 2 fully saturated rings. The molecule has 3 nitrogen and oxygen atoms in total. The molecule has 0 spiro atoms. The Labute approximate surface area is 120 Å². The molecule has 2 aliphatic carbocycles. The molecule has 1 aromatic rings. The van der Waals surface area contributed by atoms with Crippen LogP contribution in [0.15, 0.2) is 24.3 Å². The average Bonchev–Trinajstić information content (AvgIpc) is 2.98. The summed E-state index contributed by atoms with van der Waals surface area (Å²) in [6, 6.07) is 8.93. The van der Waals surface area contributed by atoms with Crippen molar-refractivity contribution in [3.8, 4) is 0 Å². The molecule has 3 heteroatoms. The first kappa shape index (κ1) is 12.8. The largest absolute Gasteiger partial charge is 0.391 e. The summed E-state index contributed by atoms with van der Waals surface area (Å²) in [4.78, 5) is 0. The molecule has 108 valence electrons. The van der Waals surface area contributed by atoms with Gasteiger partial charge >= 0.3 is 0 Å². The smallest absolute Gasteiger partial charge is 0.0775 e. The lowest BCUT2D eigenvalue weighted by Gasteiger charge is -2.56. The molecule has 1 aromatic carbocycles. The number of hydrogen-bond donors (Lipinski definition) is 2. The summed E-state index contributed by atoms with van der Waals surface area (Å²) < 4.78 is 5.86. The number of hydrogen-bond acceptors (Lipinski definition) is 3. The minimum absolute atomic E-state index is 0.0806. The van der Waals surface area contributed by atoms with Gasteiger partial charge in [0.25, 0.3) is 0 Å². The van der Waals surface area contributed by atoms with Crippen LogP contribution in [0.4, 0.5) is 0 Å².